The molecule has 0 aliphatic rings. The number of rotatable bonds is 9. The molecule has 0 fully saturated rings. The Kier molecular flexibility index (Phi) is 7.28. The van der Waals surface area contributed by atoms with E-state index in [1.54, 1.807) is 13.8 Å². The lowest BCUT2D eigenvalue weighted by atomic mass is 9.78. The maximum atomic E-state index is 12.7. The van der Waals surface area contributed by atoms with Gasteiger partial charge in [-0.15, -0.1) is 0 Å². The van der Waals surface area contributed by atoms with E-state index in [-0.39, 0.29) is 25.2 Å². The van der Waals surface area contributed by atoms with E-state index < -0.39 is 7.82 Å². The second-order valence-electron chi connectivity index (χ2n) is 6.19. The molecule has 0 unspecified atom stereocenters. The molecule has 0 bridgehead atoms. The van der Waals surface area contributed by atoms with Gasteiger partial charge in [-0.3, -0.25) is 9.05 Å². The fourth-order valence-corrected chi connectivity index (χ4v) is 4.00. The first-order valence-corrected chi connectivity index (χ1v) is 9.46. The topological polar surface area (TPSA) is 65.0 Å². The molecule has 1 rings (SSSR count). The van der Waals surface area contributed by atoms with Crippen molar-refractivity contribution in [1.29, 1.82) is 0 Å². The van der Waals surface area contributed by atoms with Gasteiger partial charge in [-0.1, -0.05) is 19.9 Å². The zero-order valence-corrected chi connectivity index (χ0v) is 15.9. The largest absolute Gasteiger partial charge is 0.530 e. The van der Waals surface area contributed by atoms with Gasteiger partial charge in [0, 0.05) is 12.2 Å². The Hall–Kier alpha value is -0.870. The van der Waals surface area contributed by atoms with Crippen LogP contribution in [0.15, 0.2) is 12.1 Å². The Labute approximate surface area is 139 Å². The lowest BCUT2D eigenvalue weighted by molar-refractivity contribution is 0.166. The van der Waals surface area contributed by atoms with Crippen LogP contribution >= 0.6 is 7.82 Å². The van der Waals surface area contributed by atoms with Crippen molar-refractivity contribution >= 4 is 7.82 Å². The lowest BCUT2D eigenvalue weighted by Crippen LogP contribution is -2.22. The molecule has 0 saturated heterocycles. The first kappa shape index (κ1) is 20.2. The van der Waals surface area contributed by atoms with Crippen LogP contribution in [0.5, 0.6) is 5.75 Å². The zero-order chi connectivity index (χ0) is 17.7. The van der Waals surface area contributed by atoms with Gasteiger partial charge in [0.25, 0.3) is 0 Å². The minimum absolute atomic E-state index is 0.0638. The van der Waals surface area contributed by atoms with Crippen molar-refractivity contribution in [3.8, 4) is 5.75 Å². The second-order valence-corrected chi connectivity index (χ2v) is 7.78. The van der Waals surface area contributed by atoms with Crippen LogP contribution in [0.4, 0.5) is 0 Å². The Morgan fingerprint density at radius 2 is 1.70 bits per heavy atom. The standard InChI is InChI=1S/C17H29O5P/c1-7-20-23(19,21-8-2)22-15-12-13(3)11-14(4)16(15)17(5,6)9-10-18/h11-12,18H,7-10H2,1-6H3. The molecule has 5 nitrogen and oxygen atoms in total. The number of benzene rings is 1. The van der Waals surface area contributed by atoms with Crippen LogP contribution in [0.25, 0.3) is 0 Å². The van der Waals surface area contributed by atoms with Gasteiger partial charge in [0.1, 0.15) is 5.75 Å². The summed E-state index contributed by atoms with van der Waals surface area (Å²) in [7, 11) is -3.66. The molecule has 0 saturated carbocycles. The summed E-state index contributed by atoms with van der Waals surface area (Å²) in [4.78, 5) is 0. The summed E-state index contributed by atoms with van der Waals surface area (Å²) >= 11 is 0. The number of aliphatic hydroxyl groups excluding tert-OH is 1. The molecule has 0 radical (unpaired) electrons. The smallest absolute Gasteiger partial charge is 0.404 e. The summed E-state index contributed by atoms with van der Waals surface area (Å²) in [6.07, 6.45) is 0.570. The molecule has 0 amide bonds. The average molecular weight is 344 g/mol. The van der Waals surface area contributed by atoms with Crippen molar-refractivity contribution in [1.82, 2.24) is 0 Å². The van der Waals surface area contributed by atoms with Gasteiger partial charge in [-0.2, -0.15) is 0 Å². The summed E-state index contributed by atoms with van der Waals surface area (Å²) in [5.41, 5.74) is 2.61. The maximum absolute atomic E-state index is 12.7. The molecule has 0 atom stereocenters. The third-order valence-corrected chi connectivity index (χ3v) is 5.21. The van der Waals surface area contributed by atoms with Gasteiger partial charge in [-0.05, 0) is 56.7 Å². The highest BCUT2D eigenvalue weighted by atomic mass is 31.2. The van der Waals surface area contributed by atoms with Crippen molar-refractivity contribution < 1.29 is 23.2 Å². The highest BCUT2D eigenvalue weighted by Gasteiger charge is 2.33. The Morgan fingerprint density at radius 1 is 1.13 bits per heavy atom. The van der Waals surface area contributed by atoms with E-state index in [4.69, 9.17) is 13.6 Å². The molecule has 0 aromatic heterocycles. The van der Waals surface area contributed by atoms with Crippen LogP contribution in [0, 0.1) is 13.8 Å². The minimum atomic E-state index is -3.66. The van der Waals surface area contributed by atoms with E-state index in [2.05, 4.69) is 0 Å². The summed E-state index contributed by atoms with van der Waals surface area (Å²) in [6.45, 7) is 12.0. The van der Waals surface area contributed by atoms with Gasteiger partial charge in [0.2, 0.25) is 0 Å². The molecule has 0 spiro atoms. The van der Waals surface area contributed by atoms with E-state index >= 15 is 0 Å². The third kappa shape index (κ3) is 5.32. The van der Waals surface area contributed by atoms with Crippen molar-refractivity contribution in [2.45, 2.75) is 53.4 Å². The molecule has 132 valence electrons. The monoisotopic (exact) mass is 344 g/mol. The number of phosphoric ester groups is 1. The molecule has 1 aromatic carbocycles. The van der Waals surface area contributed by atoms with E-state index in [0.717, 1.165) is 16.7 Å². The van der Waals surface area contributed by atoms with Gasteiger partial charge < -0.3 is 9.63 Å². The van der Waals surface area contributed by atoms with Crippen LogP contribution in [0.2, 0.25) is 0 Å². The van der Waals surface area contributed by atoms with Gasteiger partial charge in [0.15, 0.2) is 0 Å². The molecular formula is C17H29O5P. The molecule has 0 heterocycles. The van der Waals surface area contributed by atoms with Crippen LogP contribution < -0.4 is 4.52 Å². The summed E-state index contributed by atoms with van der Waals surface area (Å²) in [6, 6.07) is 3.89. The molecule has 1 aromatic rings. The maximum Gasteiger partial charge on any atom is 0.530 e. The molecule has 23 heavy (non-hydrogen) atoms. The lowest BCUT2D eigenvalue weighted by Gasteiger charge is -2.30. The van der Waals surface area contributed by atoms with Gasteiger partial charge in [-0.25, -0.2) is 4.57 Å². The van der Waals surface area contributed by atoms with Crippen molar-refractivity contribution in [2.24, 2.45) is 0 Å². The first-order chi connectivity index (χ1) is 10.7. The quantitative estimate of drug-likeness (QED) is 0.667. The van der Waals surface area contributed by atoms with Crippen LogP contribution in [-0.2, 0) is 19.0 Å². The molecule has 1 N–H and O–H groups in total. The highest BCUT2D eigenvalue weighted by Crippen LogP contribution is 2.52. The van der Waals surface area contributed by atoms with E-state index in [1.807, 2.05) is 39.8 Å². The zero-order valence-electron chi connectivity index (χ0n) is 15.0. The number of aliphatic hydroxyl groups is 1. The Morgan fingerprint density at radius 3 is 2.17 bits per heavy atom. The number of aryl methyl sites for hydroxylation is 2. The fourth-order valence-electron chi connectivity index (χ4n) is 2.80. The van der Waals surface area contributed by atoms with Crippen molar-refractivity contribution in [3.05, 3.63) is 28.8 Å². The molecular weight excluding hydrogens is 315 g/mol. The number of hydrogen-bond acceptors (Lipinski definition) is 5. The fraction of sp³-hybridized carbons (Fsp3) is 0.647. The predicted molar refractivity (Wildman–Crippen MR) is 92.1 cm³/mol. The Balaban J connectivity index is 3.37. The number of phosphoric acid groups is 1. The van der Waals surface area contributed by atoms with E-state index in [0.29, 0.717) is 12.2 Å². The third-order valence-electron chi connectivity index (χ3n) is 3.64. The first-order valence-electron chi connectivity index (χ1n) is 8.00. The molecule has 6 heteroatoms. The van der Waals surface area contributed by atoms with Gasteiger partial charge >= 0.3 is 7.82 Å². The normalized spacial score (nSPS) is 12.5. The highest BCUT2D eigenvalue weighted by molar-refractivity contribution is 7.48. The predicted octanol–water partition coefficient (Wildman–Crippen LogP) is 4.52. The van der Waals surface area contributed by atoms with Crippen LogP contribution in [0.1, 0.15) is 50.8 Å². The van der Waals surface area contributed by atoms with Crippen molar-refractivity contribution in [2.75, 3.05) is 19.8 Å². The summed E-state index contributed by atoms with van der Waals surface area (Å²) in [5.74, 6) is 0.492. The van der Waals surface area contributed by atoms with Crippen LogP contribution in [0.3, 0.4) is 0 Å². The minimum Gasteiger partial charge on any atom is -0.404 e. The van der Waals surface area contributed by atoms with E-state index in [9.17, 15) is 9.67 Å². The second kappa shape index (κ2) is 8.29. The average Bonchev–Trinajstić information content (AvgIpc) is 2.37. The number of hydrogen-bond donors (Lipinski definition) is 1. The van der Waals surface area contributed by atoms with Gasteiger partial charge in [0.05, 0.1) is 13.2 Å². The van der Waals surface area contributed by atoms with Crippen LogP contribution in [-0.4, -0.2) is 24.9 Å². The molecule has 0 aliphatic heterocycles. The SMILES string of the molecule is CCOP(=O)(OCC)Oc1cc(C)cc(C)c1C(C)(C)CCO. The molecule has 0 aliphatic carbocycles. The summed E-state index contributed by atoms with van der Waals surface area (Å²) < 4.78 is 28.9. The van der Waals surface area contributed by atoms with Crippen molar-refractivity contribution in [3.63, 3.8) is 0 Å². The Bertz CT molecular complexity index is 558. The van der Waals surface area contributed by atoms with E-state index in [1.165, 1.54) is 0 Å². The summed E-state index contributed by atoms with van der Waals surface area (Å²) in [5, 5.41) is 9.36.